The molecular weight excluding hydrogens is 383 g/mol. The second kappa shape index (κ2) is 6.64. The lowest BCUT2D eigenvalue weighted by Gasteiger charge is -2.12. The van der Waals surface area contributed by atoms with Crippen molar-refractivity contribution in [1.29, 1.82) is 0 Å². The minimum absolute atomic E-state index is 0.0347. The van der Waals surface area contributed by atoms with Gasteiger partial charge in [-0.15, -0.1) is 0 Å². The van der Waals surface area contributed by atoms with Gasteiger partial charge in [0.25, 0.3) is 0 Å². The molecule has 1 saturated carbocycles. The van der Waals surface area contributed by atoms with Crippen LogP contribution in [0.3, 0.4) is 0 Å². The molecule has 1 aliphatic carbocycles. The number of hydrogen-bond donors (Lipinski definition) is 1. The topological polar surface area (TPSA) is 80.7 Å². The standard InChI is InChI=1S/C18H16ClFO5S/c1-25-10-18(17(21)22)15(11-3-2-4-13(20)9-11)16(18)26(23,24)14-7-5-12(19)6-8-14/h2-9,15-16H,10H2,1H3,(H,21,22)/t15-,16-,18+/m1/s1. The van der Waals surface area contributed by atoms with Crippen molar-refractivity contribution < 1.29 is 27.4 Å². The monoisotopic (exact) mass is 398 g/mol. The van der Waals surface area contributed by atoms with Crippen LogP contribution in [0.5, 0.6) is 0 Å². The van der Waals surface area contributed by atoms with Gasteiger partial charge in [-0.3, -0.25) is 4.79 Å². The lowest BCUT2D eigenvalue weighted by molar-refractivity contribution is -0.145. The molecule has 0 saturated heterocycles. The third-order valence-electron chi connectivity index (χ3n) is 4.72. The summed E-state index contributed by atoms with van der Waals surface area (Å²) in [6.07, 6.45) is 0. The molecule has 0 aromatic heterocycles. The van der Waals surface area contributed by atoms with E-state index in [1.165, 1.54) is 49.6 Å². The quantitative estimate of drug-likeness (QED) is 0.808. The average Bonchev–Trinajstić information content (AvgIpc) is 3.27. The maximum absolute atomic E-state index is 13.6. The molecule has 3 rings (SSSR count). The summed E-state index contributed by atoms with van der Waals surface area (Å²) in [7, 11) is -2.71. The van der Waals surface area contributed by atoms with Gasteiger partial charge in [0, 0.05) is 18.1 Å². The Morgan fingerprint density at radius 2 is 1.92 bits per heavy atom. The first kappa shape index (κ1) is 18.8. The first-order valence-corrected chi connectivity index (χ1v) is 9.65. The fourth-order valence-electron chi connectivity index (χ4n) is 3.53. The zero-order chi connectivity index (χ0) is 19.1. The van der Waals surface area contributed by atoms with E-state index < -0.39 is 38.2 Å². The number of rotatable bonds is 6. The molecule has 0 heterocycles. The smallest absolute Gasteiger partial charge is 0.314 e. The molecule has 0 spiro atoms. The van der Waals surface area contributed by atoms with Crippen molar-refractivity contribution in [1.82, 2.24) is 0 Å². The summed E-state index contributed by atoms with van der Waals surface area (Å²) in [4.78, 5) is 12.0. The minimum atomic E-state index is -4.01. The van der Waals surface area contributed by atoms with Gasteiger partial charge in [-0.2, -0.15) is 0 Å². The van der Waals surface area contributed by atoms with Gasteiger partial charge in [-0.1, -0.05) is 23.7 Å². The van der Waals surface area contributed by atoms with Crippen LogP contribution < -0.4 is 0 Å². The minimum Gasteiger partial charge on any atom is -0.481 e. The van der Waals surface area contributed by atoms with Crippen LogP contribution in [-0.2, 0) is 19.4 Å². The Morgan fingerprint density at radius 1 is 1.27 bits per heavy atom. The van der Waals surface area contributed by atoms with E-state index in [0.29, 0.717) is 10.6 Å². The number of hydrogen-bond acceptors (Lipinski definition) is 4. The molecule has 0 bridgehead atoms. The van der Waals surface area contributed by atoms with Gasteiger partial charge in [-0.05, 0) is 42.0 Å². The van der Waals surface area contributed by atoms with Crippen molar-refractivity contribution in [3.05, 3.63) is 64.9 Å². The number of carboxylic acids is 1. The number of halogens is 2. The molecule has 5 nitrogen and oxygen atoms in total. The Bertz CT molecular complexity index is 944. The van der Waals surface area contributed by atoms with Crippen LogP contribution in [-0.4, -0.2) is 38.5 Å². The van der Waals surface area contributed by atoms with Crippen LogP contribution in [0.15, 0.2) is 53.4 Å². The van der Waals surface area contributed by atoms with Crippen molar-refractivity contribution in [3.8, 4) is 0 Å². The van der Waals surface area contributed by atoms with Crippen LogP contribution in [0.4, 0.5) is 4.39 Å². The zero-order valence-corrected chi connectivity index (χ0v) is 15.3. The maximum Gasteiger partial charge on any atom is 0.314 e. The second-order valence-corrected chi connectivity index (χ2v) is 8.74. The fraction of sp³-hybridized carbons (Fsp3) is 0.278. The molecule has 1 aliphatic rings. The molecule has 0 unspecified atom stereocenters. The van der Waals surface area contributed by atoms with Crippen molar-refractivity contribution in [2.45, 2.75) is 16.1 Å². The van der Waals surface area contributed by atoms with E-state index in [1.807, 2.05) is 0 Å². The lowest BCUT2D eigenvalue weighted by Crippen LogP contribution is -2.28. The second-order valence-electron chi connectivity index (χ2n) is 6.23. The third kappa shape index (κ3) is 2.90. The summed E-state index contributed by atoms with van der Waals surface area (Å²) in [5.74, 6) is -2.78. The molecule has 0 amide bonds. The Labute approximate surface area is 155 Å². The summed E-state index contributed by atoms with van der Waals surface area (Å²) >= 11 is 5.80. The summed E-state index contributed by atoms with van der Waals surface area (Å²) in [5.41, 5.74) is -1.37. The van der Waals surface area contributed by atoms with Gasteiger partial charge in [0.1, 0.15) is 11.2 Å². The molecule has 8 heteroatoms. The molecule has 138 valence electrons. The van der Waals surface area contributed by atoms with Crippen molar-refractivity contribution >= 4 is 27.4 Å². The maximum atomic E-state index is 13.6. The summed E-state index contributed by atoms with van der Waals surface area (Å²) in [6, 6.07) is 10.8. The van der Waals surface area contributed by atoms with Crippen molar-refractivity contribution in [3.63, 3.8) is 0 Å². The number of carboxylic acid groups (broad SMARTS) is 1. The average molecular weight is 399 g/mol. The predicted octanol–water partition coefficient (Wildman–Crippen LogP) is 3.14. The lowest BCUT2D eigenvalue weighted by atomic mass is 10.00. The first-order valence-electron chi connectivity index (χ1n) is 7.72. The number of methoxy groups -OCH3 is 1. The van der Waals surface area contributed by atoms with E-state index >= 15 is 0 Å². The van der Waals surface area contributed by atoms with Crippen molar-refractivity contribution in [2.24, 2.45) is 5.41 Å². The van der Waals surface area contributed by atoms with E-state index in [1.54, 1.807) is 0 Å². The van der Waals surface area contributed by atoms with Gasteiger partial charge in [0.2, 0.25) is 0 Å². The third-order valence-corrected chi connectivity index (χ3v) is 7.26. The number of benzene rings is 2. The van der Waals surface area contributed by atoms with Gasteiger partial charge in [0.05, 0.1) is 16.8 Å². The fourth-order valence-corrected chi connectivity index (χ4v) is 6.01. The first-order chi connectivity index (χ1) is 12.2. The normalized spacial score (nSPS) is 25.0. The SMILES string of the molecule is COC[C@]1(C(=O)O)[C@H](c2cccc(F)c2)[C@H]1S(=O)(=O)c1ccc(Cl)cc1. The molecule has 1 N–H and O–H groups in total. The molecule has 2 aromatic rings. The molecule has 0 aliphatic heterocycles. The molecule has 1 fully saturated rings. The largest absolute Gasteiger partial charge is 0.481 e. The van der Waals surface area contributed by atoms with Crippen LogP contribution in [0.1, 0.15) is 11.5 Å². The number of ether oxygens (including phenoxy) is 1. The van der Waals surface area contributed by atoms with E-state index in [-0.39, 0.29) is 11.5 Å². The van der Waals surface area contributed by atoms with Crippen LogP contribution >= 0.6 is 11.6 Å². The van der Waals surface area contributed by atoms with Gasteiger partial charge >= 0.3 is 5.97 Å². The summed E-state index contributed by atoms with van der Waals surface area (Å²) in [6.45, 7) is -0.305. The van der Waals surface area contributed by atoms with Crippen LogP contribution in [0, 0.1) is 11.2 Å². The highest BCUT2D eigenvalue weighted by Gasteiger charge is 2.76. The number of carbonyl (C=O) groups is 1. The summed E-state index contributed by atoms with van der Waals surface area (Å²) < 4.78 is 44.9. The van der Waals surface area contributed by atoms with E-state index in [9.17, 15) is 22.7 Å². The Morgan fingerprint density at radius 3 is 2.46 bits per heavy atom. The van der Waals surface area contributed by atoms with E-state index in [2.05, 4.69) is 0 Å². The van der Waals surface area contributed by atoms with E-state index in [0.717, 1.165) is 6.07 Å². The Hall–Kier alpha value is -1.96. The molecule has 26 heavy (non-hydrogen) atoms. The van der Waals surface area contributed by atoms with Gasteiger partial charge in [0.15, 0.2) is 9.84 Å². The van der Waals surface area contributed by atoms with Gasteiger partial charge < -0.3 is 9.84 Å². The number of sulfone groups is 1. The highest BCUT2D eigenvalue weighted by atomic mass is 35.5. The van der Waals surface area contributed by atoms with E-state index in [4.69, 9.17) is 16.3 Å². The molecule has 0 radical (unpaired) electrons. The highest BCUT2D eigenvalue weighted by molar-refractivity contribution is 7.92. The van der Waals surface area contributed by atoms with Crippen LogP contribution in [0.2, 0.25) is 5.02 Å². The van der Waals surface area contributed by atoms with Crippen molar-refractivity contribution in [2.75, 3.05) is 13.7 Å². The summed E-state index contributed by atoms with van der Waals surface area (Å²) in [5, 5.41) is 8.90. The zero-order valence-electron chi connectivity index (χ0n) is 13.7. The molecule has 2 aromatic carbocycles. The van der Waals surface area contributed by atoms with Gasteiger partial charge in [-0.25, -0.2) is 12.8 Å². The molecule has 3 atom stereocenters. The van der Waals surface area contributed by atoms with Crippen LogP contribution in [0.25, 0.3) is 0 Å². The number of aliphatic carboxylic acids is 1. The highest BCUT2D eigenvalue weighted by Crippen LogP contribution is 2.64. The Balaban J connectivity index is 2.13. The molecular formula is C18H16ClFO5S. The predicted molar refractivity (Wildman–Crippen MR) is 93.5 cm³/mol. The Kier molecular flexibility index (Phi) is 4.81.